The number of carboxylic acids is 1. The van der Waals surface area contributed by atoms with Gasteiger partial charge in [-0.05, 0) is 37.2 Å². The van der Waals surface area contributed by atoms with Gasteiger partial charge in [0.15, 0.2) is 0 Å². The maximum atomic E-state index is 12.5. The third-order valence-electron chi connectivity index (χ3n) is 5.57. The normalized spacial score (nSPS) is 26.9. The van der Waals surface area contributed by atoms with Crippen LogP contribution in [0.5, 0.6) is 0 Å². The van der Waals surface area contributed by atoms with Crippen LogP contribution in [0, 0.1) is 5.92 Å². The summed E-state index contributed by atoms with van der Waals surface area (Å²) >= 11 is 0. The standard InChI is InChI=1S/C20H25N3O4/c24-19(25)12-23(11-13-6-7-13)16-8-15(9-16)21-20(26)18-10-17(22-27-18)14-4-2-1-3-5-14/h1-5,13,15-16,18H,6-12H2,(H,21,26)(H,24,25). The van der Waals surface area contributed by atoms with Gasteiger partial charge in [-0.15, -0.1) is 0 Å². The Morgan fingerprint density at radius 2 is 1.96 bits per heavy atom. The zero-order chi connectivity index (χ0) is 18.8. The number of aliphatic carboxylic acids is 1. The van der Waals surface area contributed by atoms with Gasteiger partial charge >= 0.3 is 5.97 Å². The molecular formula is C20H25N3O4. The Bertz CT molecular complexity index is 726. The lowest BCUT2D eigenvalue weighted by molar-refractivity contribution is -0.140. The van der Waals surface area contributed by atoms with E-state index in [0.717, 1.165) is 30.7 Å². The maximum Gasteiger partial charge on any atom is 0.317 e. The van der Waals surface area contributed by atoms with E-state index >= 15 is 0 Å². The van der Waals surface area contributed by atoms with Crippen molar-refractivity contribution in [3.63, 3.8) is 0 Å². The molecule has 2 aliphatic carbocycles. The first kappa shape index (κ1) is 18.0. The van der Waals surface area contributed by atoms with Crippen LogP contribution in [-0.4, -0.2) is 58.9 Å². The molecule has 7 heteroatoms. The Morgan fingerprint density at radius 3 is 2.63 bits per heavy atom. The third kappa shape index (κ3) is 4.47. The Morgan fingerprint density at radius 1 is 1.22 bits per heavy atom. The largest absolute Gasteiger partial charge is 0.480 e. The van der Waals surface area contributed by atoms with E-state index in [1.165, 1.54) is 12.8 Å². The number of benzene rings is 1. The summed E-state index contributed by atoms with van der Waals surface area (Å²) in [7, 11) is 0. The van der Waals surface area contributed by atoms with Crippen molar-refractivity contribution in [2.45, 2.75) is 50.3 Å². The molecule has 2 fully saturated rings. The van der Waals surface area contributed by atoms with Crippen LogP contribution in [0.1, 0.15) is 37.7 Å². The Kier molecular flexibility index (Phi) is 5.11. The number of carboxylic acid groups (broad SMARTS) is 1. The minimum Gasteiger partial charge on any atom is -0.480 e. The molecule has 1 aromatic carbocycles. The number of hydrogen-bond donors (Lipinski definition) is 2. The van der Waals surface area contributed by atoms with Gasteiger partial charge in [0.25, 0.3) is 5.91 Å². The van der Waals surface area contributed by atoms with Gasteiger partial charge < -0.3 is 15.3 Å². The smallest absolute Gasteiger partial charge is 0.317 e. The van der Waals surface area contributed by atoms with Crippen LogP contribution < -0.4 is 5.32 Å². The highest BCUT2D eigenvalue weighted by atomic mass is 16.6. The van der Waals surface area contributed by atoms with Gasteiger partial charge in [-0.2, -0.15) is 0 Å². The van der Waals surface area contributed by atoms with Crippen molar-refractivity contribution in [3.05, 3.63) is 35.9 Å². The van der Waals surface area contributed by atoms with Crippen molar-refractivity contribution in [1.82, 2.24) is 10.2 Å². The van der Waals surface area contributed by atoms with Gasteiger partial charge in [0.1, 0.15) is 0 Å². The summed E-state index contributed by atoms with van der Waals surface area (Å²) in [4.78, 5) is 30.9. The van der Waals surface area contributed by atoms with Crippen LogP contribution in [0.15, 0.2) is 35.5 Å². The molecule has 1 aromatic rings. The fourth-order valence-electron chi connectivity index (χ4n) is 3.77. The van der Waals surface area contributed by atoms with Crippen molar-refractivity contribution >= 4 is 17.6 Å². The number of nitrogens with zero attached hydrogens (tertiary/aromatic N) is 2. The van der Waals surface area contributed by atoms with Crippen molar-refractivity contribution in [2.75, 3.05) is 13.1 Å². The van der Waals surface area contributed by atoms with E-state index < -0.39 is 12.1 Å². The molecule has 0 spiro atoms. The summed E-state index contributed by atoms with van der Waals surface area (Å²) in [5.41, 5.74) is 1.76. The average Bonchev–Trinajstić information content (AvgIpc) is 3.29. The number of oxime groups is 1. The van der Waals surface area contributed by atoms with Crippen molar-refractivity contribution in [3.8, 4) is 0 Å². The lowest BCUT2D eigenvalue weighted by Crippen LogP contribution is -2.56. The molecule has 2 N–H and O–H groups in total. The van der Waals surface area contributed by atoms with Crippen molar-refractivity contribution in [1.29, 1.82) is 0 Å². The Hall–Kier alpha value is -2.41. The summed E-state index contributed by atoms with van der Waals surface area (Å²) in [6, 6.07) is 10.0. The first-order chi connectivity index (χ1) is 13.1. The molecule has 0 radical (unpaired) electrons. The predicted octanol–water partition coefficient (Wildman–Crippen LogP) is 1.62. The minimum absolute atomic E-state index is 0.0852. The molecule has 144 valence electrons. The zero-order valence-corrected chi connectivity index (χ0v) is 15.2. The Balaban J connectivity index is 1.23. The van der Waals surface area contributed by atoms with Gasteiger partial charge in [0, 0.05) is 25.0 Å². The molecule has 0 saturated heterocycles. The zero-order valence-electron chi connectivity index (χ0n) is 15.2. The summed E-state index contributed by atoms with van der Waals surface area (Å²) in [6.45, 7) is 0.944. The number of carbonyl (C=O) groups is 2. The fourth-order valence-corrected chi connectivity index (χ4v) is 3.77. The van der Waals surface area contributed by atoms with Gasteiger partial charge in [0.05, 0.1) is 12.3 Å². The Labute approximate surface area is 158 Å². The van der Waals surface area contributed by atoms with Crippen molar-refractivity contribution < 1.29 is 19.5 Å². The minimum atomic E-state index is -0.784. The van der Waals surface area contributed by atoms with E-state index in [0.29, 0.717) is 12.3 Å². The highest BCUT2D eigenvalue weighted by Gasteiger charge is 2.39. The molecule has 4 rings (SSSR count). The molecule has 7 nitrogen and oxygen atoms in total. The molecule has 3 aliphatic rings. The van der Waals surface area contributed by atoms with Gasteiger partial charge in [-0.25, -0.2) is 0 Å². The van der Waals surface area contributed by atoms with Gasteiger partial charge in [-0.3, -0.25) is 14.5 Å². The van der Waals surface area contributed by atoms with Crippen LogP contribution in [0.4, 0.5) is 0 Å². The second-order valence-corrected chi connectivity index (χ2v) is 7.80. The van der Waals surface area contributed by atoms with Crippen LogP contribution >= 0.6 is 0 Å². The maximum absolute atomic E-state index is 12.5. The van der Waals surface area contributed by atoms with Crippen LogP contribution in [-0.2, 0) is 14.4 Å². The lowest BCUT2D eigenvalue weighted by Gasteiger charge is -2.42. The second-order valence-electron chi connectivity index (χ2n) is 7.80. The molecule has 0 aromatic heterocycles. The number of hydrogen-bond acceptors (Lipinski definition) is 5. The quantitative estimate of drug-likeness (QED) is 0.725. The first-order valence-corrected chi connectivity index (χ1v) is 9.63. The molecule has 27 heavy (non-hydrogen) atoms. The molecule has 1 atom stereocenters. The topological polar surface area (TPSA) is 91.2 Å². The molecule has 1 heterocycles. The summed E-state index contributed by atoms with van der Waals surface area (Å²) in [5.74, 6) is -0.272. The highest BCUT2D eigenvalue weighted by molar-refractivity contribution is 6.04. The van der Waals surface area contributed by atoms with Crippen LogP contribution in [0.25, 0.3) is 0 Å². The highest BCUT2D eigenvalue weighted by Crippen LogP contribution is 2.34. The van der Waals surface area contributed by atoms with Gasteiger partial charge in [-0.1, -0.05) is 35.5 Å². The molecular weight excluding hydrogens is 346 g/mol. The number of rotatable bonds is 8. The first-order valence-electron chi connectivity index (χ1n) is 9.63. The summed E-state index contributed by atoms with van der Waals surface area (Å²) in [6.07, 6.45) is 3.88. The van der Waals surface area contributed by atoms with Crippen LogP contribution in [0.2, 0.25) is 0 Å². The second kappa shape index (κ2) is 7.68. The number of amides is 1. The van der Waals surface area contributed by atoms with E-state index in [9.17, 15) is 9.59 Å². The predicted molar refractivity (Wildman–Crippen MR) is 99.4 cm³/mol. The van der Waals surface area contributed by atoms with Crippen LogP contribution in [0.3, 0.4) is 0 Å². The molecule has 1 aliphatic heterocycles. The summed E-state index contributed by atoms with van der Waals surface area (Å²) in [5, 5.41) is 16.2. The van der Waals surface area contributed by atoms with E-state index in [4.69, 9.17) is 9.94 Å². The molecule has 1 unspecified atom stereocenters. The van der Waals surface area contributed by atoms with Gasteiger partial charge in [0.2, 0.25) is 6.10 Å². The SMILES string of the molecule is O=C(O)CN(CC1CC1)C1CC(NC(=O)C2CC(c3ccccc3)=NO2)C1. The van der Waals surface area contributed by atoms with E-state index in [1.54, 1.807) is 0 Å². The fraction of sp³-hybridized carbons (Fsp3) is 0.550. The van der Waals surface area contributed by atoms with E-state index in [-0.39, 0.29) is 24.5 Å². The lowest BCUT2D eigenvalue weighted by atomic mass is 9.85. The van der Waals surface area contributed by atoms with E-state index in [1.807, 2.05) is 30.3 Å². The molecule has 1 amide bonds. The average molecular weight is 371 g/mol. The number of nitrogens with one attached hydrogen (secondary N) is 1. The summed E-state index contributed by atoms with van der Waals surface area (Å²) < 4.78 is 0. The van der Waals surface area contributed by atoms with Crippen molar-refractivity contribution in [2.24, 2.45) is 11.1 Å². The third-order valence-corrected chi connectivity index (χ3v) is 5.57. The molecule has 2 saturated carbocycles. The molecule has 0 bridgehead atoms. The monoisotopic (exact) mass is 371 g/mol. The van der Waals surface area contributed by atoms with E-state index in [2.05, 4.69) is 15.4 Å². The number of carbonyl (C=O) groups excluding carboxylic acids is 1.